The molecule has 1 N–H and O–H groups in total. The van der Waals surface area contributed by atoms with Crippen LogP contribution in [0, 0.1) is 11.7 Å². The van der Waals surface area contributed by atoms with Crippen molar-refractivity contribution in [3.63, 3.8) is 0 Å². The summed E-state index contributed by atoms with van der Waals surface area (Å²) in [5, 5.41) is 2.40. The van der Waals surface area contributed by atoms with Gasteiger partial charge in [-0.3, -0.25) is 4.79 Å². The van der Waals surface area contributed by atoms with Gasteiger partial charge in [-0.2, -0.15) is 0 Å². The van der Waals surface area contributed by atoms with Gasteiger partial charge in [-0.25, -0.2) is 4.39 Å². The van der Waals surface area contributed by atoms with E-state index in [-0.39, 0.29) is 28.4 Å². The van der Waals surface area contributed by atoms with E-state index in [9.17, 15) is 9.18 Å². The summed E-state index contributed by atoms with van der Waals surface area (Å²) in [7, 11) is 0. The first-order chi connectivity index (χ1) is 7.06. The molecule has 1 amide bonds. The molecule has 0 aliphatic heterocycles. The van der Waals surface area contributed by atoms with Crippen LogP contribution in [0.3, 0.4) is 0 Å². The van der Waals surface area contributed by atoms with Crippen molar-refractivity contribution in [3.8, 4) is 0 Å². The summed E-state index contributed by atoms with van der Waals surface area (Å²) in [6.45, 7) is 1.66. The maximum atomic E-state index is 13.3. The average molecular weight is 250 g/mol. The third-order valence-corrected chi connectivity index (χ3v) is 2.64. The zero-order valence-electron chi connectivity index (χ0n) is 8.06. The quantitative estimate of drug-likeness (QED) is 0.819. The number of benzene rings is 1. The van der Waals surface area contributed by atoms with E-state index in [1.165, 1.54) is 12.1 Å². The Balaban J connectivity index is 2.81. The van der Waals surface area contributed by atoms with Gasteiger partial charge in [0.05, 0.1) is 10.7 Å². The molecule has 0 aromatic heterocycles. The van der Waals surface area contributed by atoms with E-state index in [2.05, 4.69) is 5.32 Å². The standard InChI is InChI=1S/C10H10Cl2FNO/c1-6(5-11)10(15)14-8-4-2-3-7(12)9(8)13/h2-4,6H,5H2,1H3,(H,14,15). The van der Waals surface area contributed by atoms with Crippen LogP contribution in [0.25, 0.3) is 0 Å². The van der Waals surface area contributed by atoms with E-state index in [4.69, 9.17) is 23.2 Å². The van der Waals surface area contributed by atoms with Crippen LogP contribution in [-0.4, -0.2) is 11.8 Å². The van der Waals surface area contributed by atoms with Gasteiger partial charge in [-0.15, -0.1) is 11.6 Å². The molecular formula is C10H10Cl2FNO. The first kappa shape index (κ1) is 12.3. The molecule has 1 rings (SSSR count). The first-order valence-electron chi connectivity index (χ1n) is 4.37. The Hall–Kier alpha value is -0.800. The van der Waals surface area contributed by atoms with Crippen LogP contribution in [0.5, 0.6) is 0 Å². The van der Waals surface area contributed by atoms with Crippen molar-refractivity contribution in [2.45, 2.75) is 6.92 Å². The number of carbonyl (C=O) groups is 1. The number of carbonyl (C=O) groups excluding carboxylic acids is 1. The second kappa shape index (κ2) is 5.33. The highest BCUT2D eigenvalue weighted by Crippen LogP contribution is 2.22. The van der Waals surface area contributed by atoms with E-state index < -0.39 is 5.82 Å². The number of hydrogen-bond acceptors (Lipinski definition) is 1. The van der Waals surface area contributed by atoms with Crippen LogP contribution in [0.1, 0.15) is 6.92 Å². The predicted molar refractivity (Wildman–Crippen MR) is 59.9 cm³/mol. The molecule has 0 saturated heterocycles. The molecule has 0 aliphatic rings. The number of alkyl halides is 1. The third-order valence-electron chi connectivity index (χ3n) is 1.89. The van der Waals surface area contributed by atoms with Gasteiger partial charge >= 0.3 is 0 Å². The lowest BCUT2D eigenvalue weighted by Gasteiger charge is -2.10. The summed E-state index contributed by atoms with van der Waals surface area (Å²) >= 11 is 11.1. The fraction of sp³-hybridized carbons (Fsp3) is 0.300. The average Bonchev–Trinajstić information content (AvgIpc) is 2.23. The van der Waals surface area contributed by atoms with E-state index in [1.54, 1.807) is 13.0 Å². The van der Waals surface area contributed by atoms with Gasteiger partial charge in [0.25, 0.3) is 0 Å². The second-order valence-corrected chi connectivity index (χ2v) is 3.86. The highest BCUT2D eigenvalue weighted by atomic mass is 35.5. The molecule has 82 valence electrons. The van der Waals surface area contributed by atoms with Gasteiger partial charge < -0.3 is 5.32 Å². The van der Waals surface area contributed by atoms with Crippen molar-refractivity contribution in [1.82, 2.24) is 0 Å². The summed E-state index contributed by atoms with van der Waals surface area (Å²) in [5.41, 5.74) is 0.0736. The Bertz CT molecular complexity index is 370. The van der Waals surface area contributed by atoms with Crippen molar-refractivity contribution in [3.05, 3.63) is 29.0 Å². The molecular weight excluding hydrogens is 240 g/mol. The summed E-state index contributed by atoms with van der Waals surface area (Å²) in [6.07, 6.45) is 0. The number of halogens is 3. The molecule has 0 aliphatic carbocycles. The minimum Gasteiger partial charge on any atom is -0.323 e. The van der Waals surface area contributed by atoms with Crippen molar-refractivity contribution >= 4 is 34.8 Å². The SMILES string of the molecule is CC(CCl)C(=O)Nc1cccc(Cl)c1F. The molecule has 5 heteroatoms. The zero-order valence-corrected chi connectivity index (χ0v) is 9.57. The normalized spacial score (nSPS) is 12.3. The maximum Gasteiger partial charge on any atom is 0.228 e. The van der Waals surface area contributed by atoms with Crippen molar-refractivity contribution < 1.29 is 9.18 Å². The Kier molecular flexibility index (Phi) is 4.36. The highest BCUT2D eigenvalue weighted by molar-refractivity contribution is 6.31. The minimum atomic E-state index is -0.630. The lowest BCUT2D eigenvalue weighted by atomic mass is 10.2. The van der Waals surface area contributed by atoms with Gasteiger partial charge in [-0.1, -0.05) is 24.6 Å². The van der Waals surface area contributed by atoms with Crippen LogP contribution in [0.4, 0.5) is 10.1 Å². The van der Waals surface area contributed by atoms with Gasteiger partial charge in [0.2, 0.25) is 5.91 Å². The number of amides is 1. The van der Waals surface area contributed by atoms with E-state index in [0.717, 1.165) is 0 Å². The fourth-order valence-electron chi connectivity index (χ4n) is 0.926. The number of hydrogen-bond donors (Lipinski definition) is 1. The van der Waals surface area contributed by atoms with Gasteiger partial charge in [0.15, 0.2) is 5.82 Å². The Morgan fingerprint density at radius 1 is 1.60 bits per heavy atom. The maximum absolute atomic E-state index is 13.3. The van der Waals surface area contributed by atoms with E-state index in [0.29, 0.717) is 0 Å². The monoisotopic (exact) mass is 249 g/mol. The molecule has 0 radical (unpaired) electrons. The summed E-state index contributed by atoms with van der Waals surface area (Å²) in [6, 6.07) is 4.42. The molecule has 1 aromatic rings. The van der Waals surface area contributed by atoms with Crippen LogP contribution < -0.4 is 5.32 Å². The van der Waals surface area contributed by atoms with Crippen molar-refractivity contribution in [1.29, 1.82) is 0 Å². The Labute approximate surface area is 97.4 Å². The Morgan fingerprint density at radius 2 is 2.27 bits per heavy atom. The molecule has 0 spiro atoms. The molecule has 15 heavy (non-hydrogen) atoms. The van der Waals surface area contributed by atoms with Crippen LogP contribution in [0.2, 0.25) is 5.02 Å². The topological polar surface area (TPSA) is 29.1 Å². The number of nitrogens with one attached hydrogen (secondary N) is 1. The summed E-state index contributed by atoms with van der Waals surface area (Å²) in [5.74, 6) is -1.14. The number of rotatable bonds is 3. The molecule has 2 nitrogen and oxygen atoms in total. The molecule has 0 saturated carbocycles. The van der Waals surface area contributed by atoms with Crippen molar-refractivity contribution in [2.75, 3.05) is 11.2 Å². The summed E-state index contributed by atoms with van der Waals surface area (Å²) < 4.78 is 13.3. The number of anilines is 1. The van der Waals surface area contributed by atoms with Gasteiger partial charge in [0, 0.05) is 11.8 Å². The molecule has 0 heterocycles. The van der Waals surface area contributed by atoms with Crippen LogP contribution in [0.15, 0.2) is 18.2 Å². The molecule has 1 aromatic carbocycles. The molecule has 0 fully saturated rings. The highest BCUT2D eigenvalue weighted by Gasteiger charge is 2.14. The first-order valence-corrected chi connectivity index (χ1v) is 5.28. The molecule has 1 atom stereocenters. The van der Waals surface area contributed by atoms with Crippen molar-refractivity contribution in [2.24, 2.45) is 5.92 Å². The van der Waals surface area contributed by atoms with E-state index in [1.807, 2.05) is 0 Å². The van der Waals surface area contributed by atoms with Crippen LogP contribution >= 0.6 is 23.2 Å². The fourth-order valence-corrected chi connectivity index (χ4v) is 1.24. The minimum absolute atomic E-state index is 0.0219. The zero-order chi connectivity index (χ0) is 11.4. The molecule has 0 bridgehead atoms. The lowest BCUT2D eigenvalue weighted by molar-refractivity contribution is -0.118. The smallest absolute Gasteiger partial charge is 0.228 e. The lowest BCUT2D eigenvalue weighted by Crippen LogP contribution is -2.22. The third kappa shape index (κ3) is 3.08. The largest absolute Gasteiger partial charge is 0.323 e. The molecule has 1 unspecified atom stereocenters. The summed E-state index contributed by atoms with van der Waals surface area (Å²) in [4.78, 5) is 11.4. The second-order valence-electron chi connectivity index (χ2n) is 3.15. The van der Waals surface area contributed by atoms with Gasteiger partial charge in [0.1, 0.15) is 0 Å². The van der Waals surface area contributed by atoms with Crippen LogP contribution in [-0.2, 0) is 4.79 Å². The van der Waals surface area contributed by atoms with Gasteiger partial charge in [-0.05, 0) is 12.1 Å². The van der Waals surface area contributed by atoms with E-state index >= 15 is 0 Å². The Morgan fingerprint density at radius 3 is 2.87 bits per heavy atom. The predicted octanol–water partition coefficient (Wildman–Crippen LogP) is 3.29.